The van der Waals surface area contributed by atoms with Gasteiger partial charge in [-0.1, -0.05) is 11.6 Å². The highest BCUT2D eigenvalue weighted by Crippen LogP contribution is 2.08. The molecule has 1 N–H and O–H groups in total. The highest BCUT2D eigenvalue weighted by molar-refractivity contribution is 6.42. The van der Waals surface area contributed by atoms with Crippen molar-refractivity contribution >= 4 is 23.2 Å². The fourth-order valence-corrected chi connectivity index (χ4v) is 1.22. The molecule has 66 valence electrons. The lowest BCUT2D eigenvalue weighted by atomic mass is 10.1. The molecule has 0 radical (unpaired) electrons. The van der Waals surface area contributed by atoms with Gasteiger partial charge in [0, 0.05) is 13.5 Å². The summed E-state index contributed by atoms with van der Waals surface area (Å²) in [6.07, 6.45) is 4.09. The average Bonchev–Trinajstić information content (AvgIpc) is 2.05. The van der Waals surface area contributed by atoms with Gasteiger partial charge in [0.05, 0.1) is 0 Å². The fourth-order valence-electron chi connectivity index (χ4n) is 1.02. The number of amidine groups is 1. The Hall–Kier alpha value is -0.830. The van der Waals surface area contributed by atoms with Gasteiger partial charge in [-0.15, -0.1) is 0 Å². The van der Waals surface area contributed by atoms with Crippen molar-refractivity contribution in [1.82, 2.24) is 5.32 Å². The minimum atomic E-state index is 0.0313. The Kier molecular flexibility index (Phi) is 3.29. The average molecular weight is 187 g/mol. The molecule has 0 unspecified atom stereocenters. The van der Waals surface area contributed by atoms with Crippen molar-refractivity contribution in [3.05, 3.63) is 11.2 Å². The second-order valence-electron chi connectivity index (χ2n) is 2.56. The highest BCUT2D eigenvalue weighted by Gasteiger charge is 2.12. The summed E-state index contributed by atoms with van der Waals surface area (Å²) < 4.78 is 0. The molecule has 0 aromatic heterocycles. The van der Waals surface area contributed by atoms with Crippen molar-refractivity contribution in [3.8, 4) is 0 Å². The summed E-state index contributed by atoms with van der Waals surface area (Å²) in [5, 5.41) is 3.23. The van der Waals surface area contributed by atoms with Crippen molar-refractivity contribution in [1.29, 1.82) is 0 Å². The molecule has 0 aromatic carbocycles. The van der Waals surface area contributed by atoms with Crippen LogP contribution in [0.1, 0.15) is 19.3 Å². The van der Waals surface area contributed by atoms with Crippen LogP contribution < -0.4 is 5.32 Å². The minimum absolute atomic E-state index is 0.0313. The Morgan fingerprint density at radius 3 is 3.08 bits per heavy atom. The number of allylic oxidation sites excluding steroid dienone is 1. The summed E-state index contributed by atoms with van der Waals surface area (Å²) >= 11 is 5.75. The second-order valence-corrected chi connectivity index (χ2v) is 2.97. The molecule has 0 aromatic rings. The third-order valence-corrected chi connectivity index (χ3v) is 1.91. The van der Waals surface area contributed by atoms with E-state index in [1.165, 1.54) is 0 Å². The maximum atomic E-state index is 11.3. The zero-order valence-corrected chi connectivity index (χ0v) is 7.69. The number of hydrogen-bond donors (Lipinski definition) is 1. The molecule has 4 heteroatoms. The van der Waals surface area contributed by atoms with E-state index in [0.717, 1.165) is 12.8 Å². The number of halogens is 1. The van der Waals surface area contributed by atoms with Gasteiger partial charge in [0.2, 0.25) is 0 Å². The molecule has 12 heavy (non-hydrogen) atoms. The molecule has 0 bridgehead atoms. The van der Waals surface area contributed by atoms with Crippen molar-refractivity contribution in [2.45, 2.75) is 19.3 Å². The summed E-state index contributed by atoms with van der Waals surface area (Å²) in [4.78, 5) is 15.1. The molecule has 0 saturated heterocycles. The largest absolute Gasteiger partial charge is 0.328 e. The Balaban J connectivity index is 2.78. The van der Waals surface area contributed by atoms with Gasteiger partial charge in [0.1, 0.15) is 5.16 Å². The molecule has 0 aliphatic carbocycles. The first kappa shape index (κ1) is 9.26. The van der Waals surface area contributed by atoms with E-state index in [2.05, 4.69) is 10.3 Å². The second kappa shape index (κ2) is 4.26. The minimum Gasteiger partial charge on any atom is -0.328 e. The van der Waals surface area contributed by atoms with Gasteiger partial charge < -0.3 is 5.32 Å². The number of hydrogen-bond acceptors (Lipinski definition) is 2. The number of carbonyl (C=O) groups excluding carboxylic acids is 1. The van der Waals surface area contributed by atoms with Crippen molar-refractivity contribution in [2.24, 2.45) is 4.99 Å². The third kappa shape index (κ3) is 2.34. The van der Waals surface area contributed by atoms with Gasteiger partial charge in [-0.2, -0.15) is 0 Å². The molecule has 1 aliphatic rings. The van der Waals surface area contributed by atoms with Crippen molar-refractivity contribution in [2.75, 3.05) is 7.05 Å². The van der Waals surface area contributed by atoms with E-state index in [0.29, 0.717) is 17.4 Å². The van der Waals surface area contributed by atoms with Crippen LogP contribution in [0.4, 0.5) is 0 Å². The van der Waals surface area contributed by atoms with E-state index in [1.807, 2.05) is 6.08 Å². The number of carbonyl (C=O) groups is 1. The first-order valence-electron chi connectivity index (χ1n) is 3.86. The molecule has 1 aliphatic heterocycles. The molecular weight excluding hydrogens is 176 g/mol. The first-order chi connectivity index (χ1) is 5.74. The van der Waals surface area contributed by atoms with Gasteiger partial charge in [-0.05, 0) is 18.9 Å². The van der Waals surface area contributed by atoms with Gasteiger partial charge in [-0.3, -0.25) is 9.79 Å². The molecule has 0 atom stereocenters. The maximum absolute atomic E-state index is 11.3. The van der Waals surface area contributed by atoms with Crippen LogP contribution in [0.5, 0.6) is 0 Å². The van der Waals surface area contributed by atoms with Gasteiger partial charge in [0.25, 0.3) is 0 Å². The Bertz CT molecular complexity index is 245. The first-order valence-corrected chi connectivity index (χ1v) is 4.24. The maximum Gasteiger partial charge on any atom is 0.197 e. The van der Waals surface area contributed by atoms with E-state index in [-0.39, 0.29) is 5.78 Å². The van der Waals surface area contributed by atoms with E-state index in [4.69, 9.17) is 11.6 Å². The van der Waals surface area contributed by atoms with Crippen LogP contribution in [0.3, 0.4) is 0 Å². The SMILES string of the molecule is CN=C1N/C(Cl)=C\CCCC1=O. The molecule has 0 saturated carbocycles. The van der Waals surface area contributed by atoms with Crippen molar-refractivity contribution < 1.29 is 4.79 Å². The fraction of sp³-hybridized carbons (Fsp3) is 0.500. The van der Waals surface area contributed by atoms with Crippen LogP contribution in [0.2, 0.25) is 0 Å². The van der Waals surface area contributed by atoms with Crippen LogP contribution in [-0.4, -0.2) is 18.7 Å². The lowest BCUT2D eigenvalue weighted by molar-refractivity contribution is -0.113. The summed E-state index contributed by atoms with van der Waals surface area (Å²) in [5.74, 6) is 0.389. The van der Waals surface area contributed by atoms with Crippen LogP contribution in [0, 0.1) is 0 Å². The number of ketones is 1. The molecular formula is C8H11ClN2O. The number of nitrogens with zero attached hydrogens (tertiary/aromatic N) is 1. The zero-order chi connectivity index (χ0) is 8.97. The molecule has 1 heterocycles. The molecule has 0 fully saturated rings. The van der Waals surface area contributed by atoms with E-state index >= 15 is 0 Å². The smallest absolute Gasteiger partial charge is 0.197 e. The lowest BCUT2D eigenvalue weighted by Crippen LogP contribution is -2.30. The predicted molar refractivity (Wildman–Crippen MR) is 49.3 cm³/mol. The van der Waals surface area contributed by atoms with Crippen LogP contribution in [0.25, 0.3) is 0 Å². The number of Topliss-reactive ketones (excluding diaryl/α,β-unsaturated/α-hetero) is 1. The van der Waals surface area contributed by atoms with Crippen LogP contribution in [0.15, 0.2) is 16.2 Å². The monoisotopic (exact) mass is 186 g/mol. The van der Waals surface area contributed by atoms with Crippen LogP contribution >= 0.6 is 11.6 Å². The summed E-state index contributed by atoms with van der Waals surface area (Å²) in [6, 6.07) is 0. The Morgan fingerprint density at radius 2 is 2.42 bits per heavy atom. The summed E-state index contributed by atoms with van der Waals surface area (Å²) in [6.45, 7) is 0. The van der Waals surface area contributed by atoms with E-state index in [9.17, 15) is 4.79 Å². The molecule has 3 nitrogen and oxygen atoms in total. The standard InChI is InChI=1S/C8H11ClN2O/c1-10-8-6(12)4-2-3-5-7(9)11-8/h5H,2-4H2,1H3,(H,10,11)/b7-5-. The van der Waals surface area contributed by atoms with Crippen LogP contribution in [-0.2, 0) is 4.79 Å². The topological polar surface area (TPSA) is 41.5 Å². The summed E-state index contributed by atoms with van der Waals surface area (Å²) in [7, 11) is 1.58. The van der Waals surface area contributed by atoms with Gasteiger partial charge in [-0.25, -0.2) is 0 Å². The number of aliphatic imine (C=N–C) groups is 1. The highest BCUT2D eigenvalue weighted by atomic mass is 35.5. The number of nitrogens with one attached hydrogen (secondary N) is 1. The summed E-state index contributed by atoms with van der Waals surface area (Å²) in [5.41, 5.74) is 0. The van der Waals surface area contributed by atoms with Gasteiger partial charge >= 0.3 is 0 Å². The van der Waals surface area contributed by atoms with E-state index in [1.54, 1.807) is 7.05 Å². The Morgan fingerprint density at radius 1 is 1.67 bits per heavy atom. The molecule has 0 spiro atoms. The lowest BCUT2D eigenvalue weighted by Gasteiger charge is -2.09. The normalized spacial score (nSPS) is 27.0. The quantitative estimate of drug-likeness (QED) is 0.582. The third-order valence-electron chi connectivity index (χ3n) is 1.66. The zero-order valence-electron chi connectivity index (χ0n) is 6.93. The van der Waals surface area contributed by atoms with Crippen molar-refractivity contribution in [3.63, 3.8) is 0 Å². The van der Waals surface area contributed by atoms with Gasteiger partial charge in [0.15, 0.2) is 11.6 Å². The number of rotatable bonds is 0. The molecule has 0 amide bonds. The molecule has 1 rings (SSSR count). The Labute approximate surface area is 76.5 Å². The van der Waals surface area contributed by atoms with E-state index < -0.39 is 0 Å². The predicted octanol–water partition coefficient (Wildman–Crippen LogP) is 1.44.